The lowest BCUT2D eigenvalue weighted by molar-refractivity contribution is -0.150. The minimum Gasteiger partial charge on any atom is -0.481 e. The van der Waals surface area contributed by atoms with Crippen LogP contribution in [0, 0.1) is 5.92 Å². The summed E-state index contributed by atoms with van der Waals surface area (Å²) in [5.74, 6) is -3.58. The maximum absolute atomic E-state index is 12.6. The summed E-state index contributed by atoms with van der Waals surface area (Å²) in [6.45, 7) is 1.39. The molecule has 1 fully saturated rings. The van der Waals surface area contributed by atoms with Gasteiger partial charge in [0.05, 0.1) is 12.0 Å². The van der Waals surface area contributed by atoms with E-state index in [1.54, 1.807) is 30.3 Å². The predicted octanol–water partition coefficient (Wildman–Crippen LogP) is 1.78. The monoisotopic (exact) mass is 365 g/mol. The largest absolute Gasteiger partial charge is 0.481 e. The zero-order valence-electron chi connectivity index (χ0n) is 13.6. The number of amides is 1. The summed E-state index contributed by atoms with van der Waals surface area (Å²) in [6.07, 6.45) is -0.167. The molecule has 0 bridgehead atoms. The van der Waals surface area contributed by atoms with Crippen LogP contribution in [0.2, 0.25) is 0 Å². The number of carbonyl (C=O) groups is 4. The summed E-state index contributed by atoms with van der Waals surface area (Å²) < 4.78 is 0. The van der Waals surface area contributed by atoms with Crippen LogP contribution in [0.25, 0.3) is 0 Å². The van der Waals surface area contributed by atoms with Gasteiger partial charge in [0.15, 0.2) is 5.12 Å². The van der Waals surface area contributed by atoms with Gasteiger partial charge in [-0.3, -0.25) is 14.4 Å². The van der Waals surface area contributed by atoms with Crippen LogP contribution in [0.15, 0.2) is 30.3 Å². The van der Waals surface area contributed by atoms with Crippen molar-refractivity contribution in [2.75, 3.05) is 5.75 Å². The molecule has 134 valence electrons. The first-order valence-corrected chi connectivity index (χ1v) is 8.76. The van der Waals surface area contributed by atoms with E-state index >= 15 is 0 Å². The number of rotatable bonds is 6. The molecule has 3 atom stereocenters. The summed E-state index contributed by atoms with van der Waals surface area (Å²) in [7, 11) is 0. The average Bonchev–Trinajstić information content (AvgIpc) is 2.96. The van der Waals surface area contributed by atoms with E-state index in [-0.39, 0.29) is 23.7 Å². The third-order valence-corrected chi connectivity index (χ3v) is 4.96. The highest BCUT2D eigenvalue weighted by molar-refractivity contribution is 8.13. The number of nitrogens with zero attached hydrogens (tertiary/aromatic N) is 1. The van der Waals surface area contributed by atoms with E-state index in [2.05, 4.69) is 0 Å². The van der Waals surface area contributed by atoms with Crippen LogP contribution >= 0.6 is 11.8 Å². The Morgan fingerprint density at radius 2 is 1.76 bits per heavy atom. The molecule has 25 heavy (non-hydrogen) atoms. The topological polar surface area (TPSA) is 112 Å². The van der Waals surface area contributed by atoms with Crippen molar-refractivity contribution in [3.63, 3.8) is 0 Å². The van der Waals surface area contributed by atoms with E-state index in [1.165, 1.54) is 6.92 Å². The number of aliphatic carboxylic acids is 2. The molecule has 0 radical (unpaired) electrons. The number of benzene rings is 1. The number of thioether (sulfide) groups is 1. The van der Waals surface area contributed by atoms with E-state index in [1.807, 2.05) is 0 Å². The standard InChI is InChI=1S/C17H19NO6S/c1-10(19)25-8-7-14(20)18-13(17(23)24)9-12(16(21)22)15(18)11-5-3-2-4-6-11/h2-6,12-13,15H,7-9H2,1H3,(H,21,22)(H,23,24). The predicted molar refractivity (Wildman–Crippen MR) is 91.0 cm³/mol. The third-order valence-electron chi connectivity index (χ3n) is 4.15. The Hall–Kier alpha value is -2.35. The van der Waals surface area contributed by atoms with Crippen molar-refractivity contribution in [2.45, 2.75) is 31.8 Å². The Bertz CT molecular complexity index is 677. The van der Waals surface area contributed by atoms with Gasteiger partial charge in [-0.2, -0.15) is 0 Å². The Labute approximate surface area is 149 Å². The molecular weight excluding hydrogens is 346 g/mol. The van der Waals surface area contributed by atoms with Gasteiger partial charge in [0.2, 0.25) is 5.91 Å². The van der Waals surface area contributed by atoms with Crippen LogP contribution in [0.1, 0.15) is 31.4 Å². The highest BCUT2D eigenvalue weighted by atomic mass is 32.2. The molecule has 1 heterocycles. The normalized spacial score (nSPS) is 22.6. The SMILES string of the molecule is CC(=O)SCCC(=O)N1C(C(=O)O)CC(C(=O)O)C1c1ccccc1. The fourth-order valence-corrected chi connectivity index (χ4v) is 3.67. The maximum atomic E-state index is 12.6. The van der Waals surface area contributed by atoms with Crippen molar-refractivity contribution >= 4 is 34.7 Å². The molecule has 1 aliphatic heterocycles. The van der Waals surface area contributed by atoms with E-state index in [4.69, 9.17) is 0 Å². The molecule has 0 aliphatic carbocycles. The second-order valence-corrected chi connectivity index (χ2v) is 7.05. The Balaban J connectivity index is 2.34. The minimum atomic E-state index is -1.22. The molecule has 0 saturated carbocycles. The van der Waals surface area contributed by atoms with Crippen LogP contribution in [0.3, 0.4) is 0 Å². The van der Waals surface area contributed by atoms with Gasteiger partial charge in [-0.05, 0) is 12.0 Å². The summed E-state index contributed by atoms with van der Waals surface area (Å²) in [6, 6.07) is 6.55. The molecule has 1 amide bonds. The summed E-state index contributed by atoms with van der Waals surface area (Å²) in [4.78, 5) is 48.1. The van der Waals surface area contributed by atoms with E-state index in [0.717, 1.165) is 16.7 Å². The molecule has 1 aliphatic rings. The van der Waals surface area contributed by atoms with Crippen LogP contribution in [-0.2, 0) is 19.2 Å². The maximum Gasteiger partial charge on any atom is 0.326 e. The fraction of sp³-hybridized carbons (Fsp3) is 0.412. The number of carboxylic acid groups (broad SMARTS) is 2. The van der Waals surface area contributed by atoms with Gasteiger partial charge in [-0.25, -0.2) is 4.79 Å². The number of likely N-dealkylation sites (tertiary alicyclic amines) is 1. The molecular formula is C17H19NO6S. The van der Waals surface area contributed by atoms with Crippen LogP contribution in [0.4, 0.5) is 0 Å². The van der Waals surface area contributed by atoms with Gasteiger partial charge >= 0.3 is 11.9 Å². The lowest BCUT2D eigenvalue weighted by atomic mass is 9.93. The van der Waals surface area contributed by atoms with Crippen molar-refractivity contribution in [3.05, 3.63) is 35.9 Å². The van der Waals surface area contributed by atoms with Gasteiger partial charge in [0.1, 0.15) is 6.04 Å². The van der Waals surface area contributed by atoms with Crippen LogP contribution in [-0.4, -0.2) is 49.9 Å². The molecule has 1 aromatic rings. The molecule has 0 aromatic heterocycles. The van der Waals surface area contributed by atoms with Gasteiger partial charge in [-0.1, -0.05) is 42.1 Å². The van der Waals surface area contributed by atoms with E-state index in [9.17, 15) is 29.4 Å². The van der Waals surface area contributed by atoms with Crippen LogP contribution in [0.5, 0.6) is 0 Å². The van der Waals surface area contributed by atoms with Crippen LogP contribution < -0.4 is 0 Å². The zero-order chi connectivity index (χ0) is 18.6. The molecule has 8 heteroatoms. The average molecular weight is 365 g/mol. The Morgan fingerprint density at radius 3 is 2.28 bits per heavy atom. The highest BCUT2D eigenvalue weighted by Gasteiger charge is 2.50. The lowest BCUT2D eigenvalue weighted by Gasteiger charge is -2.30. The number of carboxylic acids is 2. The molecule has 2 N–H and O–H groups in total. The summed E-state index contributed by atoms with van der Waals surface area (Å²) in [5, 5.41) is 18.8. The second-order valence-electron chi connectivity index (χ2n) is 5.78. The Kier molecular flexibility index (Phi) is 6.19. The number of hydrogen-bond acceptors (Lipinski definition) is 5. The first-order chi connectivity index (χ1) is 11.8. The van der Waals surface area contributed by atoms with Gasteiger partial charge in [0.25, 0.3) is 0 Å². The van der Waals surface area contributed by atoms with Crippen molar-refractivity contribution in [1.82, 2.24) is 4.90 Å². The minimum absolute atomic E-state index is 0.0241. The molecule has 1 aromatic carbocycles. The molecule has 1 saturated heterocycles. The zero-order valence-corrected chi connectivity index (χ0v) is 14.4. The smallest absolute Gasteiger partial charge is 0.326 e. The van der Waals surface area contributed by atoms with Crippen molar-refractivity contribution in [3.8, 4) is 0 Å². The first-order valence-electron chi connectivity index (χ1n) is 7.78. The fourth-order valence-electron chi connectivity index (χ4n) is 3.11. The number of hydrogen-bond donors (Lipinski definition) is 2. The number of carbonyl (C=O) groups excluding carboxylic acids is 2. The third kappa shape index (κ3) is 4.39. The second kappa shape index (κ2) is 8.15. The van der Waals surface area contributed by atoms with Crippen molar-refractivity contribution < 1.29 is 29.4 Å². The molecule has 3 unspecified atom stereocenters. The van der Waals surface area contributed by atoms with Gasteiger partial charge in [0, 0.05) is 19.1 Å². The van der Waals surface area contributed by atoms with E-state index in [0.29, 0.717) is 5.56 Å². The van der Waals surface area contributed by atoms with Gasteiger partial charge < -0.3 is 15.1 Å². The summed E-state index contributed by atoms with van der Waals surface area (Å²) >= 11 is 0.982. The quantitative estimate of drug-likeness (QED) is 0.790. The molecule has 2 rings (SSSR count). The Morgan fingerprint density at radius 1 is 1.12 bits per heavy atom. The van der Waals surface area contributed by atoms with E-state index < -0.39 is 35.8 Å². The van der Waals surface area contributed by atoms with Gasteiger partial charge in [-0.15, -0.1) is 0 Å². The highest BCUT2D eigenvalue weighted by Crippen LogP contribution is 2.41. The van der Waals surface area contributed by atoms with Crippen molar-refractivity contribution in [2.24, 2.45) is 5.92 Å². The van der Waals surface area contributed by atoms with Crippen molar-refractivity contribution in [1.29, 1.82) is 0 Å². The lowest BCUT2D eigenvalue weighted by Crippen LogP contribution is -2.42. The first kappa shape index (κ1) is 19.0. The summed E-state index contributed by atoms with van der Waals surface area (Å²) in [5.41, 5.74) is 0.589. The molecule has 0 spiro atoms. The molecule has 7 nitrogen and oxygen atoms in total.